The van der Waals surface area contributed by atoms with Crippen LogP contribution in [-0.2, 0) is 9.47 Å². The van der Waals surface area contributed by atoms with Crippen LogP contribution < -0.4 is 0 Å². The molecule has 0 aliphatic rings. The van der Waals surface area contributed by atoms with Crippen LogP contribution in [0, 0.1) is 11.8 Å². The van der Waals surface area contributed by atoms with Crippen LogP contribution in [0.1, 0.15) is 101 Å². The molecule has 0 saturated carbocycles. The van der Waals surface area contributed by atoms with E-state index in [4.69, 9.17) is 24.8 Å². The second-order valence-corrected chi connectivity index (χ2v) is 21.3. The van der Waals surface area contributed by atoms with Gasteiger partial charge in [-0.1, -0.05) is 212 Å². The second kappa shape index (κ2) is 26.6. The largest absolute Gasteiger partial charge is 0.451 e. The minimum absolute atomic E-state index is 0.0178. The zero-order valence-corrected chi connectivity index (χ0v) is 48.6. The Morgan fingerprint density at radius 3 is 0.952 bits per heavy atom. The third-order valence-electron chi connectivity index (χ3n) is 15.8. The van der Waals surface area contributed by atoms with Gasteiger partial charge in [0.1, 0.15) is 0 Å². The molecule has 0 aliphatic carbocycles. The lowest BCUT2D eigenvalue weighted by molar-refractivity contribution is 0.0853. The van der Waals surface area contributed by atoms with Crippen LogP contribution in [0.3, 0.4) is 0 Å². The maximum absolute atomic E-state index is 14.5. The van der Waals surface area contributed by atoms with Crippen LogP contribution in [0.4, 0.5) is 9.59 Å². The molecule has 4 aromatic heterocycles. The number of hydrogen-bond acceptors (Lipinski definition) is 10. The fourth-order valence-corrected chi connectivity index (χ4v) is 10.9. The highest BCUT2D eigenvalue weighted by Crippen LogP contribution is 2.36. The summed E-state index contributed by atoms with van der Waals surface area (Å²) in [6, 6.07) is 58.7. The van der Waals surface area contributed by atoms with Gasteiger partial charge in [0.2, 0.25) is 11.8 Å². The van der Waals surface area contributed by atoms with E-state index in [1.165, 1.54) is 23.6 Å². The highest BCUT2D eigenvalue weighted by Gasteiger charge is 2.25. The molecule has 6 aromatic carbocycles. The monoisotopic (exact) mass is 1120 g/mol. The predicted octanol–water partition coefficient (Wildman–Crippen LogP) is 17.2. The minimum Gasteiger partial charge on any atom is -0.451 e. The number of unbranched alkanes of at least 4 members (excludes halogenated alkanes) is 2. The van der Waals surface area contributed by atoms with E-state index in [1.54, 1.807) is 9.36 Å². The molecule has 10 rings (SSSR count). The smallest absolute Gasteiger partial charge is 0.434 e. The molecule has 0 N–H and O–H groups in total. The lowest BCUT2D eigenvalue weighted by atomic mass is 9.95. The zero-order valence-electron chi connectivity index (χ0n) is 48.6. The van der Waals surface area contributed by atoms with E-state index in [9.17, 15) is 19.2 Å². The van der Waals surface area contributed by atoms with Gasteiger partial charge in [-0.25, -0.2) is 9.59 Å². The average molecular weight is 1120 g/mol. The highest BCUT2D eigenvalue weighted by atomic mass is 16.5. The molecule has 2 atom stereocenters. The van der Waals surface area contributed by atoms with Crippen molar-refractivity contribution in [1.82, 2.24) is 39.1 Å². The van der Waals surface area contributed by atoms with Crippen molar-refractivity contribution in [3.05, 3.63) is 182 Å². The summed E-state index contributed by atoms with van der Waals surface area (Å²) in [5.74, 6) is 0.444. The Morgan fingerprint density at radius 2 is 0.643 bits per heavy atom. The van der Waals surface area contributed by atoms with Gasteiger partial charge in [0.05, 0.1) is 59.8 Å². The average Bonchev–Trinajstić information content (AvgIpc) is 3.24. The molecule has 14 heteroatoms. The van der Waals surface area contributed by atoms with Crippen LogP contribution in [0.5, 0.6) is 0 Å². The standard InChI is InChI=1S/C70H70N8O6/c1-7-11-21-47(9-3)39-67(79)75-63(51-23-15-13-16-24-51)43-59(71-75)55-27-19-28-56(41-55)60-44-64(76(72-60)68(80)40-48(10-4)22-12-8-2)53-35-31-49(32-36-53)50-33-37-54(38-34-50)66-46-62(74-78(66)70(82)84-6)58-30-20-29-57(42-58)61-45-65(52-25-17-14-18-26-52)77(73-61)69(81)83-5/h13-20,23-38,41-48H,7-12,21-22,39-40H2,1-6H3. The number of carbonyl (C=O) groups excluding carboxylic acids is 4. The zero-order chi connectivity index (χ0) is 58.7. The van der Waals surface area contributed by atoms with Gasteiger partial charge in [-0.05, 0) is 72.2 Å². The Morgan fingerprint density at radius 1 is 0.357 bits per heavy atom. The SMILES string of the molecule is CCCCC(CC)CC(=O)n1nc(-c2cccc(-c3cc(-c4ccc(-c5ccc(-c6cc(-c7cccc(-c8cc(-c9ccccc9)n(C(=O)OC)n8)c7)nn6C(=O)OC)cc5)cc4)n(C(=O)CC(CC)CCCC)n3)c2)cc1-c1ccccc1. The van der Waals surface area contributed by atoms with Crippen LogP contribution in [-0.4, -0.2) is 77.3 Å². The van der Waals surface area contributed by atoms with Gasteiger partial charge < -0.3 is 9.47 Å². The van der Waals surface area contributed by atoms with E-state index in [0.29, 0.717) is 52.7 Å². The fraction of sp³-hybridized carbons (Fsp3) is 0.257. The van der Waals surface area contributed by atoms with Crippen molar-refractivity contribution in [2.75, 3.05) is 14.2 Å². The lowest BCUT2D eigenvalue weighted by Crippen LogP contribution is -2.18. The lowest BCUT2D eigenvalue weighted by Gasteiger charge is -2.14. The quantitative estimate of drug-likeness (QED) is 0.0678. The number of carbonyl (C=O) groups is 4. The van der Waals surface area contributed by atoms with Gasteiger partial charge in [0.25, 0.3) is 0 Å². The first-order valence-corrected chi connectivity index (χ1v) is 29.2. The molecule has 4 heterocycles. The maximum Gasteiger partial charge on any atom is 0.434 e. The van der Waals surface area contributed by atoms with Gasteiger partial charge >= 0.3 is 12.2 Å². The molecule has 0 fully saturated rings. The van der Waals surface area contributed by atoms with Gasteiger partial charge in [-0.15, -0.1) is 0 Å². The summed E-state index contributed by atoms with van der Waals surface area (Å²) < 4.78 is 15.9. The summed E-state index contributed by atoms with van der Waals surface area (Å²) in [6.07, 6.45) is 7.65. The number of nitrogens with zero attached hydrogens (tertiary/aromatic N) is 8. The number of methoxy groups -OCH3 is 2. The van der Waals surface area contributed by atoms with Crippen molar-refractivity contribution < 1.29 is 28.7 Å². The van der Waals surface area contributed by atoms with Crippen LogP contribution >= 0.6 is 0 Å². The number of hydrogen-bond donors (Lipinski definition) is 0. The Hall–Kier alpha value is -9.56. The summed E-state index contributed by atoms with van der Waals surface area (Å²) in [7, 11) is 2.64. The van der Waals surface area contributed by atoms with Gasteiger partial charge in [-0.2, -0.15) is 39.1 Å². The molecule has 84 heavy (non-hydrogen) atoms. The third-order valence-corrected chi connectivity index (χ3v) is 15.8. The second-order valence-electron chi connectivity index (χ2n) is 21.3. The summed E-state index contributed by atoms with van der Waals surface area (Å²) in [4.78, 5) is 54.7. The summed E-state index contributed by atoms with van der Waals surface area (Å²) in [6.45, 7) is 8.66. The summed E-state index contributed by atoms with van der Waals surface area (Å²) >= 11 is 0. The number of aromatic nitrogens is 8. The summed E-state index contributed by atoms with van der Waals surface area (Å²) in [5.41, 5.74) is 13.2. The van der Waals surface area contributed by atoms with E-state index < -0.39 is 12.2 Å². The molecule has 0 saturated heterocycles. The Kier molecular flexibility index (Phi) is 18.2. The Bertz CT molecular complexity index is 3910. The van der Waals surface area contributed by atoms with Gasteiger partial charge in [-0.3, -0.25) is 9.59 Å². The van der Waals surface area contributed by atoms with Crippen molar-refractivity contribution in [2.45, 2.75) is 91.9 Å². The molecular formula is C70H70N8O6. The van der Waals surface area contributed by atoms with E-state index in [2.05, 4.69) is 32.8 Å². The summed E-state index contributed by atoms with van der Waals surface area (Å²) in [5, 5.41) is 19.4. The first-order chi connectivity index (χ1) is 41.0. The van der Waals surface area contributed by atoms with Crippen molar-refractivity contribution in [3.63, 3.8) is 0 Å². The predicted molar refractivity (Wildman–Crippen MR) is 331 cm³/mol. The number of rotatable bonds is 21. The van der Waals surface area contributed by atoms with Gasteiger partial charge in [0.15, 0.2) is 0 Å². The molecule has 10 aromatic rings. The normalized spacial score (nSPS) is 12.0. The molecule has 0 aliphatic heterocycles. The molecule has 0 bridgehead atoms. The van der Waals surface area contributed by atoms with Crippen LogP contribution in [0.2, 0.25) is 0 Å². The number of benzene rings is 6. The minimum atomic E-state index is -0.646. The molecule has 0 radical (unpaired) electrons. The highest BCUT2D eigenvalue weighted by molar-refractivity contribution is 5.89. The van der Waals surface area contributed by atoms with Gasteiger partial charge in [0, 0.05) is 57.3 Å². The first kappa shape index (κ1) is 57.7. The van der Waals surface area contributed by atoms with Crippen LogP contribution in [0.15, 0.2) is 182 Å². The van der Waals surface area contributed by atoms with Crippen molar-refractivity contribution in [2.24, 2.45) is 11.8 Å². The fourth-order valence-electron chi connectivity index (χ4n) is 10.9. The molecule has 2 unspecified atom stereocenters. The third kappa shape index (κ3) is 12.7. The molecule has 0 spiro atoms. The molecule has 426 valence electrons. The molecule has 0 amide bonds. The van der Waals surface area contributed by atoms with Crippen molar-refractivity contribution in [3.8, 4) is 101 Å². The van der Waals surface area contributed by atoms with E-state index in [0.717, 1.165) is 113 Å². The van der Waals surface area contributed by atoms with Crippen LogP contribution in [0.25, 0.3) is 101 Å². The van der Waals surface area contributed by atoms with Crippen molar-refractivity contribution in [1.29, 1.82) is 0 Å². The first-order valence-electron chi connectivity index (χ1n) is 29.2. The topological polar surface area (TPSA) is 158 Å². The van der Waals surface area contributed by atoms with E-state index >= 15 is 0 Å². The maximum atomic E-state index is 14.5. The molecular weight excluding hydrogens is 1050 g/mol. The molecule has 14 nitrogen and oxygen atoms in total. The Labute approximate surface area is 490 Å². The van der Waals surface area contributed by atoms with E-state index in [1.807, 2.05) is 182 Å². The Balaban J connectivity index is 0.936. The van der Waals surface area contributed by atoms with Crippen molar-refractivity contribution >= 4 is 24.0 Å². The number of ether oxygens (including phenoxy) is 2. The van der Waals surface area contributed by atoms with E-state index in [-0.39, 0.29) is 23.7 Å².